The summed E-state index contributed by atoms with van der Waals surface area (Å²) < 4.78 is 160. The molecule has 10 unspecified atom stereocenters. The summed E-state index contributed by atoms with van der Waals surface area (Å²) in [6.07, 6.45) is -27.3. The van der Waals surface area contributed by atoms with Gasteiger partial charge in [-0.2, -0.15) is 15.0 Å². The number of benzene rings is 1. The maximum Gasteiger partial charge on any atom is 1.00 e. The van der Waals surface area contributed by atoms with Crippen LogP contribution in [0.15, 0.2) is 64.0 Å². The van der Waals surface area contributed by atoms with Crippen molar-refractivity contribution in [2.24, 2.45) is 12.5 Å². The number of nitrogen functional groups attached to an aromatic ring is 4. The zero-order chi connectivity index (χ0) is 84.0. The molecule has 121 heavy (non-hydrogen) atoms. The van der Waals surface area contributed by atoms with Gasteiger partial charge in [0.15, 0.2) is 64.0 Å². The number of aliphatic hydroxyl groups excluding tert-OH is 3. The van der Waals surface area contributed by atoms with Gasteiger partial charge < -0.3 is 133 Å². The van der Waals surface area contributed by atoms with Gasteiger partial charge >= 0.3 is 153 Å². The molecular weight excluding hydrogens is 1780 g/mol. The quantitative estimate of drug-likeness (QED) is 0.00467. The average Bonchev–Trinajstić information content (AvgIpc) is 1.69. The fourth-order valence-electron chi connectivity index (χ4n) is 13.2. The first kappa shape index (κ1) is 103. The molecule has 14 N–H and O–H groups in total. The van der Waals surface area contributed by atoms with E-state index >= 15 is 0 Å². The summed E-state index contributed by atoms with van der Waals surface area (Å²) in [7, 11) is -28.6. The van der Waals surface area contributed by atoms with E-state index in [1.807, 2.05) is 0 Å². The van der Waals surface area contributed by atoms with Crippen LogP contribution in [-0.4, -0.2) is 214 Å². The summed E-state index contributed by atoms with van der Waals surface area (Å²) in [5, 5.41) is 59.0. The van der Waals surface area contributed by atoms with Gasteiger partial charge in [-0.05, 0) is 11.5 Å². The van der Waals surface area contributed by atoms with Crippen LogP contribution in [0.25, 0.3) is 44.7 Å². The van der Waals surface area contributed by atoms with Gasteiger partial charge in [-0.25, -0.2) is 33.1 Å². The minimum Gasteiger partial charge on any atom is -0.856 e. The van der Waals surface area contributed by atoms with Crippen LogP contribution in [0.4, 0.5) is 29.5 Å². The average molecular weight is 1850 g/mol. The van der Waals surface area contributed by atoms with E-state index in [-0.39, 0.29) is 198 Å². The van der Waals surface area contributed by atoms with Crippen molar-refractivity contribution in [3.8, 4) is 5.88 Å². The number of imidazole rings is 4. The minimum atomic E-state index is -6.85. The largest absolute Gasteiger partial charge is 1.00 e. The van der Waals surface area contributed by atoms with E-state index < -0.39 is 239 Å². The van der Waals surface area contributed by atoms with Gasteiger partial charge in [-0.3, -0.25) is 80.5 Å². The molecule has 4 fully saturated rings. The maximum atomic E-state index is 14.4. The van der Waals surface area contributed by atoms with Crippen LogP contribution < -0.4 is 222 Å². The Hall–Kier alpha value is -3.59. The van der Waals surface area contributed by atoms with Crippen molar-refractivity contribution in [2.75, 3.05) is 70.4 Å². The van der Waals surface area contributed by atoms with Gasteiger partial charge in [-0.15, -0.1) is 0 Å². The second-order valence-electron chi connectivity index (χ2n) is 26.9. The number of aromatic amines is 3. The van der Waals surface area contributed by atoms with Crippen LogP contribution in [0.3, 0.4) is 0 Å². The number of nitrogens with two attached hydrogens (primary N) is 4. The second kappa shape index (κ2) is 40.6. The van der Waals surface area contributed by atoms with Crippen LogP contribution >= 0.6 is 39.1 Å². The Morgan fingerprint density at radius 2 is 0.983 bits per heavy atom. The third kappa shape index (κ3) is 22.5. The van der Waals surface area contributed by atoms with Gasteiger partial charge in [-0.1, -0.05) is 37.9 Å². The molecule has 4 aliphatic rings. The molecule has 66 heteroatoms. The topological polar surface area (TPSA) is 805 Å². The number of nitro groups is 1. The number of hydrogen-bond donors (Lipinski definition) is 10. The molecule has 0 saturated carbocycles. The standard InChI is InChI=1S/C55H72N21O35P5.5Na/c1-55(2,3)38(20-9-7-8-10-21(20)76(84)85)99-19-98-35-31(78)23(105-48(35)75-18-71(4)29-42(75)66-54(59)70-46(29)83)12-102-114(90,91)110-116(94,95)111-115(92,93)103-14-25-34(37(97-6)50(107-25)74-17-62-28-41(74)65-53(58)69-45(28)82)109-113(88,89)101-13-24-33(36(96-5)49(106-24)73-16-61-27-40(73)64-52(57)68-44(27)81)108-112(86,87)100-11-22-30(77)32(79)47(104-22)72-15-60-26-39(72)63-51(56)67-43(26)80;;;;;/h7-10,15-18,22-25,30-38,47-50,77-79H,11-14,19H2,1-6H3,(H16-,56,57,58,59,63,64,65,66,67,68,69,70,80,81,82,83,86,87,88,89,90,91,92,93,94,95);;;;;/q;5*+1/p-5/t22-,23-,24-,25-,30?,31+,32+,33?,34?,35?,36+,37+,38?,47-,48-,49-,50-;;;;;/m1...../s1. The Morgan fingerprint density at radius 1 is 0.570 bits per heavy atom. The van der Waals surface area contributed by atoms with E-state index in [4.69, 9.17) is 88.0 Å². The molecule has 0 amide bonds. The van der Waals surface area contributed by atoms with Crippen LogP contribution in [0.2, 0.25) is 0 Å². The van der Waals surface area contributed by atoms with E-state index in [9.17, 15) is 92.2 Å². The SMILES string of the molecule is CO[C@H]1C(OP(=O)([O-])OC[C@H]2O[C@@H](n3cnc4c(=O)[nH]c(N)nc43)[C@@H](O)C2O)[C@@H](COP(=O)([O-])OC2[C@@H](COP(=O)([O-])OP(=O)([O-])OP(=O)([O-])OC[C@H]3O[C@@H]([n+]4cn(C)c5c([O-])nc(N)nc54)C(OCOC(c4ccccc4[N+](=O)[O-])C(C)(C)C)[C@H]3O)O[C@@H](n3cnc4c(=O)[nH]c(N)nc43)[C@H]2OC)O[C@H]1n1cnc2c(=O)[nH]c(N)nc21.[Na+].[Na+].[Na+].[Na+].[Na+]. The Morgan fingerprint density at radius 3 is 1.42 bits per heavy atom. The van der Waals surface area contributed by atoms with E-state index in [1.54, 1.807) is 20.8 Å². The first-order chi connectivity index (χ1) is 54.5. The fourth-order valence-corrected chi connectivity index (χ4v) is 18.5. The molecule has 22 atom stereocenters. The number of anilines is 4. The molecule has 0 aliphatic carbocycles. The fraction of sp³-hybridized carbons (Fsp3) is 0.527. The van der Waals surface area contributed by atoms with Crippen LogP contribution in [-0.2, 0) is 104 Å². The summed E-state index contributed by atoms with van der Waals surface area (Å²) in [6.45, 7) is -1.22. The molecule has 4 aliphatic heterocycles. The van der Waals surface area contributed by atoms with Crippen molar-refractivity contribution in [3.63, 3.8) is 0 Å². The van der Waals surface area contributed by atoms with Crippen molar-refractivity contribution in [2.45, 2.75) is 125 Å². The predicted octanol–water partition coefficient (Wildman–Crippen LogP) is -21.0. The normalized spacial score (nSPS) is 27.0. The van der Waals surface area contributed by atoms with Gasteiger partial charge in [0, 0.05) is 26.2 Å². The monoisotopic (exact) mass is 1850 g/mol. The molecule has 632 valence electrons. The Balaban J connectivity index is 0.00000364. The van der Waals surface area contributed by atoms with E-state index in [0.29, 0.717) is 0 Å². The first-order valence-corrected chi connectivity index (χ1v) is 40.7. The number of aromatic nitrogens is 16. The molecule has 4 saturated heterocycles. The second-order valence-corrected chi connectivity index (χ2v) is 34.1. The number of H-pyrrole nitrogens is 3. The number of rotatable bonds is 32. The smallest absolute Gasteiger partial charge is 0.856 e. The maximum absolute atomic E-state index is 14.4. The number of nitrogens with zero attached hydrogens (tertiary/aromatic N) is 14. The number of ether oxygens (including phenoxy) is 8. The summed E-state index contributed by atoms with van der Waals surface area (Å²) >= 11 is 0. The summed E-state index contributed by atoms with van der Waals surface area (Å²) in [5.41, 5.74) is 17.1. The number of phosphoric acid groups is 5. The molecular formula is C55H67N21Na5O35P5. The van der Waals surface area contributed by atoms with Crippen LogP contribution in [0.1, 0.15) is 57.4 Å². The van der Waals surface area contributed by atoms with Gasteiger partial charge in [0.1, 0.15) is 80.0 Å². The van der Waals surface area contributed by atoms with Gasteiger partial charge in [0.2, 0.25) is 24.1 Å². The van der Waals surface area contributed by atoms with Crippen LogP contribution in [0.5, 0.6) is 5.88 Å². The molecule has 56 nitrogen and oxygen atoms in total. The Bertz CT molecular complexity index is 5700. The molecule has 0 radical (unpaired) electrons. The molecule has 8 aromatic heterocycles. The zero-order valence-corrected chi connectivity index (χ0v) is 79.7. The van der Waals surface area contributed by atoms with Crippen LogP contribution in [0, 0.1) is 15.5 Å². The van der Waals surface area contributed by atoms with Crippen molar-refractivity contribution in [1.82, 2.24) is 73.1 Å². The minimum absolute atomic E-state index is 0. The van der Waals surface area contributed by atoms with E-state index in [2.05, 4.69) is 63.4 Å². The number of nitro benzene ring substituents is 1. The number of aliphatic hydroxyl groups is 3. The predicted molar refractivity (Wildman–Crippen MR) is 365 cm³/mol. The Labute approximate surface area is 787 Å². The zero-order valence-electron chi connectivity index (χ0n) is 65.2. The molecule has 1 aromatic carbocycles. The number of aryl methyl sites for hydroxylation is 1. The third-order valence-corrected chi connectivity index (χ3v) is 24.2. The van der Waals surface area contributed by atoms with Crippen molar-refractivity contribution < 1.29 is 299 Å². The van der Waals surface area contributed by atoms with Crippen molar-refractivity contribution >= 4 is 113 Å². The first-order valence-electron chi connectivity index (χ1n) is 33.4. The number of nitrogens with one attached hydrogen (secondary N) is 3. The van der Waals surface area contributed by atoms with E-state index in [1.165, 1.54) is 42.2 Å². The number of phosphoric ester groups is 4. The molecule has 12 heterocycles. The van der Waals surface area contributed by atoms with Gasteiger partial charge in [0.05, 0.1) is 69.0 Å². The van der Waals surface area contributed by atoms with Crippen molar-refractivity contribution in [1.29, 1.82) is 0 Å². The number of fused-ring (bicyclic) bond motifs is 4. The van der Waals surface area contributed by atoms with Crippen molar-refractivity contribution in [3.05, 3.63) is 96.3 Å². The Kier molecular flexibility index (Phi) is 34.5. The third-order valence-electron chi connectivity index (χ3n) is 18.1. The summed E-state index contributed by atoms with van der Waals surface area (Å²) in [5.74, 6) is -2.76. The molecule has 0 bridgehead atoms. The summed E-state index contributed by atoms with van der Waals surface area (Å²) in [4.78, 5) is 157. The number of para-hydroxylation sites is 1. The molecule has 0 spiro atoms. The summed E-state index contributed by atoms with van der Waals surface area (Å²) in [6, 6.07) is 5.63. The number of hydrogen-bond acceptors (Lipinski definition) is 47. The van der Waals surface area contributed by atoms with Gasteiger partial charge in [0.25, 0.3) is 67.4 Å². The van der Waals surface area contributed by atoms with E-state index in [0.717, 1.165) is 51.5 Å². The molecule has 9 aromatic rings. The number of methoxy groups -OCH3 is 2. The molecule has 13 rings (SSSR count).